The fourth-order valence-electron chi connectivity index (χ4n) is 4.42. The predicted molar refractivity (Wildman–Crippen MR) is 143 cm³/mol. The number of imidazole rings is 1. The molecular weight excluding hydrogens is 577 g/mol. The summed E-state index contributed by atoms with van der Waals surface area (Å²) in [7, 11) is -3.18. The number of aromatic nitrogens is 2. The summed E-state index contributed by atoms with van der Waals surface area (Å²) < 4.78 is 25.1. The Hall–Kier alpha value is -2.75. The van der Waals surface area contributed by atoms with Crippen LogP contribution in [0.5, 0.6) is 0 Å². The number of rotatable bonds is 8. The van der Waals surface area contributed by atoms with Crippen LogP contribution in [0.25, 0.3) is 0 Å². The van der Waals surface area contributed by atoms with Crippen molar-refractivity contribution < 1.29 is 13.2 Å². The van der Waals surface area contributed by atoms with Crippen molar-refractivity contribution in [1.29, 1.82) is 5.26 Å². The standard InChI is InChI=1S/C25H26IN5O3S/c1-35(33,34)12-9-22-16-31(21-4-2-3-20(26)14-21)24(32)17-30(22)23(25-28-10-11-29-25)13-18-5-7-19(15-27)8-6-18/h2-8,10-11,14,22-23H,9,12-13,16-17H2,1H3,(H,28,29)/t22-,23?/m0/s1. The number of benzene rings is 2. The number of aromatic amines is 1. The third-order valence-electron chi connectivity index (χ3n) is 6.17. The first kappa shape index (κ1) is 25.3. The number of carbonyl (C=O) groups is 1. The second-order valence-electron chi connectivity index (χ2n) is 8.73. The number of hydrogen-bond donors (Lipinski definition) is 1. The number of nitrogens with one attached hydrogen (secondary N) is 1. The molecule has 1 unspecified atom stereocenters. The molecule has 0 radical (unpaired) electrons. The van der Waals surface area contributed by atoms with Gasteiger partial charge in [0.05, 0.1) is 30.0 Å². The second-order valence-corrected chi connectivity index (χ2v) is 12.2. The number of nitrogens with zero attached hydrogens (tertiary/aromatic N) is 4. The van der Waals surface area contributed by atoms with Crippen molar-refractivity contribution in [2.24, 2.45) is 0 Å². The fourth-order valence-corrected chi connectivity index (χ4v) is 5.65. The Morgan fingerprint density at radius 1 is 1.26 bits per heavy atom. The molecule has 1 aliphatic rings. The molecule has 182 valence electrons. The van der Waals surface area contributed by atoms with E-state index in [1.54, 1.807) is 29.4 Å². The number of carbonyl (C=O) groups excluding carboxylic acids is 1. The third kappa shape index (κ3) is 6.48. The van der Waals surface area contributed by atoms with Gasteiger partial charge in [-0.2, -0.15) is 5.26 Å². The molecule has 1 saturated heterocycles. The average Bonchev–Trinajstić information content (AvgIpc) is 3.36. The van der Waals surface area contributed by atoms with Crippen LogP contribution in [-0.4, -0.2) is 60.3 Å². The maximum atomic E-state index is 13.4. The molecule has 0 spiro atoms. The van der Waals surface area contributed by atoms with E-state index in [2.05, 4.69) is 43.5 Å². The minimum absolute atomic E-state index is 0.0320. The molecule has 10 heteroatoms. The van der Waals surface area contributed by atoms with E-state index in [0.29, 0.717) is 30.8 Å². The molecule has 0 bridgehead atoms. The van der Waals surface area contributed by atoms with Gasteiger partial charge in [0.15, 0.2) is 0 Å². The number of nitriles is 1. The maximum Gasteiger partial charge on any atom is 0.241 e. The van der Waals surface area contributed by atoms with E-state index in [1.807, 2.05) is 36.4 Å². The largest absolute Gasteiger partial charge is 0.347 e. The molecule has 1 amide bonds. The van der Waals surface area contributed by atoms with Crippen molar-refractivity contribution in [1.82, 2.24) is 14.9 Å². The highest BCUT2D eigenvalue weighted by Crippen LogP contribution is 2.31. The van der Waals surface area contributed by atoms with E-state index in [9.17, 15) is 13.2 Å². The lowest BCUT2D eigenvalue weighted by molar-refractivity contribution is -0.123. The van der Waals surface area contributed by atoms with Crippen LogP contribution in [0.1, 0.15) is 29.4 Å². The average molecular weight is 603 g/mol. The van der Waals surface area contributed by atoms with Gasteiger partial charge in [0, 0.05) is 40.5 Å². The van der Waals surface area contributed by atoms with Crippen LogP contribution in [0, 0.1) is 14.9 Å². The van der Waals surface area contributed by atoms with Crippen LogP contribution in [-0.2, 0) is 21.1 Å². The van der Waals surface area contributed by atoms with Gasteiger partial charge in [-0.25, -0.2) is 13.4 Å². The Balaban J connectivity index is 1.67. The number of halogens is 1. The van der Waals surface area contributed by atoms with Gasteiger partial charge < -0.3 is 9.88 Å². The zero-order valence-corrected chi connectivity index (χ0v) is 22.2. The Kier molecular flexibility index (Phi) is 7.88. The van der Waals surface area contributed by atoms with Crippen molar-refractivity contribution in [3.05, 3.63) is 81.4 Å². The lowest BCUT2D eigenvalue weighted by Gasteiger charge is -2.44. The van der Waals surface area contributed by atoms with Crippen molar-refractivity contribution in [2.75, 3.05) is 30.0 Å². The van der Waals surface area contributed by atoms with Crippen molar-refractivity contribution >= 4 is 44.0 Å². The summed E-state index contributed by atoms with van der Waals surface area (Å²) in [5, 5.41) is 9.12. The summed E-state index contributed by atoms with van der Waals surface area (Å²) in [4.78, 5) is 24.9. The Bertz CT molecular complexity index is 1320. The van der Waals surface area contributed by atoms with E-state index in [4.69, 9.17) is 5.26 Å². The first-order chi connectivity index (χ1) is 16.7. The van der Waals surface area contributed by atoms with E-state index in [0.717, 1.165) is 14.8 Å². The SMILES string of the molecule is CS(=O)(=O)CC[C@H]1CN(c2cccc(I)c2)C(=O)CN1C(Cc1ccc(C#N)cc1)c1ncc[nH]1. The minimum Gasteiger partial charge on any atom is -0.347 e. The number of hydrogen-bond acceptors (Lipinski definition) is 6. The van der Waals surface area contributed by atoms with Crippen LogP contribution in [0.4, 0.5) is 5.69 Å². The topological polar surface area (TPSA) is 110 Å². The molecule has 1 N–H and O–H groups in total. The fraction of sp³-hybridized carbons (Fsp3) is 0.320. The molecule has 2 atom stereocenters. The maximum absolute atomic E-state index is 13.4. The van der Waals surface area contributed by atoms with Crippen molar-refractivity contribution in [3.8, 4) is 6.07 Å². The molecule has 1 fully saturated rings. The van der Waals surface area contributed by atoms with Gasteiger partial charge in [-0.1, -0.05) is 18.2 Å². The van der Waals surface area contributed by atoms with Gasteiger partial charge in [0.1, 0.15) is 15.7 Å². The lowest BCUT2D eigenvalue weighted by Crippen LogP contribution is -2.58. The van der Waals surface area contributed by atoms with Crippen LogP contribution < -0.4 is 4.90 Å². The zero-order chi connectivity index (χ0) is 25.0. The molecule has 1 aliphatic heterocycles. The molecule has 2 aromatic carbocycles. The third-order valence-corrected chi connectivity index (χ3v) is 7.82. The summed E-state index contributed by atoms with van der Waals surface area (Å²) in [6.45, 7) is 0.528. The normalized spacial score (nSPS) is 17.8. The van der Waals surface area contributed by atoms with Crippen molar-refractivity contribution in [2.45, 2.75) is 24.9 Å². The number of sulfone groups is 1. The highest BCUT2D eigenvalue weighted by molar-refractivity contribution is 14.1. The number of piperazine rings is 1. The molecule has 4 rings (SSSR count). The van der Waals surface area contributed by atoms with Gasteiger partial charge in [-0.05, 0) is 71.3 Å². The quantitative estimate of drug-likeness (QED) is 0.396. The first-order valence-electron chi connectivity index (χ1n) is 11.2. The molecule has 8 nitrogen and oxygen atoms in total. The molecule has 1 aromatic heterocycles. The van der Waals surface area contributed by atoms with E-state index in [1.165, 1.54) is 6.26 Å². The highest BCUT2D eigenvalue weighted by Gasteiger charge is 2.38. The van der Waals surface area contributed by atoms with E-state index in [-0.39, 0.29) is 30.3 Å². The van der Waals surface area contributed by atoms with Gasteiger partial charge in [-0.3, -0.25) is 9.69 Å². The van der Waals surface area contributed by atoms with Crippen LogP contribution in [0.2, 0.25) is 0 Å². The zero-order valence-electron chi connectivity index (χ0n) is 19.3. The second kappa shape index (κ2) is 10.9. The molecule has 0 aliphatic carbocycles. The molecule has 0 saturated carbocycles. The molecule has 35 heavy (non-hydrogen) atoms. The summed E-state index contributed by atoms with van der Waals surface area (Å²) in [6, 6.07) is 16.8. The lowest BCUT2D eigenvalue weighted by atomic mass is 9.98. The van der Waals surface area contributed by atoms with Gasteiger partial charge in [-0.15, -0.1) is 0 Å². The van der Waals surface area contributed by atoms with Gasteiger partial charge >= 0.3 is 0 Å². The first-order valence-corrected chi connectivity index (χ1v) is 14.3. The Morgan fingerprint density at radius 3 is 2.66 bits per heavy atom. The number of amides is 1. The minimum atomic E-state index is -3.18. The van der Waals surface area contributed by atoms with E-state index >= 15 is 0 Å². The summed E-state index contributed by atoms with van der Waals surface area (Å²) >= 11 is 2.22. The molecular formula is C25H26IN5O3S. The van der Waals surface area contributed by atoms with Crippen LogP contribution in [0.3, 0.4) is 0 Å². The van der Waals surface area contributed by atoms with Crippen LogP contribution >= 0.6 is 22.6 Å². The number of anilines is 1. The summed E-state index contributed by atoms with van der Waals surface area (Å²) in [5.41, 5.74) is 2.39. The predicted octanol–water partition coefficient (Wildman–Crippen LogP) is 3.32. The Morgan fingerprint density at radius 2 is 2.03 bits per heavy atom. The Labute approximate surface area is 219 Å². The van der Waals surface area contributed by atoms with E-state index < -0.39 is 9.84 Å². The van der Waals surface area contributed by atoms with Gasteiger partial charge in [0.2, 0.25) is 5.91 Å². The number of H-pyrrole nitrogens is 1. The van der Waals surface area contributed by atoms with Crippen molar-refractivity contribution in [3.63, 3.8) is 0 Å². The highest BCUT2D eigenvalue weighted by atomic mass is 127. The summed E-state index contributed by atoms with van der Waals surface area (Å²) in [6.07, 6.45) is 5.62. The summed E-state index contributed by atoms with van der Waals surface area (Å²) in [5.74, 6) is 0.706. The van der Waals surface area contributed by atoms with Crippen LogP contribution in [0.15, 0.2) is 60.9 Å². The molecule has 3 aromatic rings. The monoisotopic (exact) mass is 603 g/mol. The van der Waals surface area contributed by atoms with Gasteiger partial charge in [0.25, 0.3) is 0 Å². The smallest absolute Gasteiger partial charge is 0.241 e. The molecule has 2 heterocycles.